The summed E-state index contributed by atoms with van der Waals surface area (Å²) in [6.07, 6.45) is 0. The van der Waals surface area contributed by atoms with E-state index in [9.17, 15) is 0 Å². The molecule has 0 saturated carbocycles. The Bertz CT molecular complexity index is 2590. The van der Waals surface area contributed by atoms with Gasteiger partial charge in [0, 0.05) is 34.1 Å². The maximum atomic E-state index is 2.50. The van der Waals surface area contributed by atoms with Crippen molar-refractivity contribution in [2.45, 2.75) is 5.41 Å². The molecule has 1 spiro atoms. The molecule has 0 unspecified atom stereocenters. The number of nitrogens with zero attached hydrogens (tertiary/aromatic N) is 2. The van der Waals surface area contributed by atoms with Crippen molar-refractivity contribution < 1.29 is 0 Å². The third-order valence-electron chi connectivity index (χ3n) is 12.4. The van der Waals surface area contributed by atoms with Crippen LogP contribution in [0.1, 0.15) is 22.3 Å². The van der Waals surface area contributed by atoms with Gasteiger partial charge in [0.15, 0.2) is 0 Å². The summed E-state index contributed by atoms with van der Waals surface area (Å²) >= 11 is 0. The molecule has 0 bridgehead atoms. The average molecular weight is 670 g/mol. The Labute approximate surface area is 310 Å². The molecule has 244 valence electrons. The van der Waals surface area contributed by atoms with E-state index in [2.05, 4.69) is 204 Å². The zero-order chi connectivity index (χ0) is 34.7. The highest BCUT2D eigenvalue weighted by atomic mass is 15.2. The van der Waals surface area contributed by atoms with Gasteiger partial charge in [0.2, 0.25) is 13.4 Å². The monoisotopic (exact) mass is 670 g/mol. The van der Waals surface area contributed by atoms with Crippen molar-refractivity contribution >= 4 is 80.3 Å². The molecule has 0 saturated heterocycles. The third-order valence-corrected chi connectivity index (χ3v) is 12.4. The first-order chi connectivity index (χ1) is 26.4. The number of hydrogen-bond acceptors (Lipinski definition) is 2. The molecule has 0 aliphatic carbocycles. The van der Waals surface area contributed by atoms with Crippen molar-refractivity contribution in [1.29, 1.82) is 0 Å². The molecule has 0 radical (unpaired) electrons. The zero-order valence-corrected chi connectivity index (χ0v) is 29.0. The van der Waals surface area contributed by atoms with Gasteiger partial charge in [0.25, 0.3) is 0 Å². The van der Waals surface area contributed by atoms with Gasteiger partial charge in [-0.25, -0.2) is 0 Å². The van der Waals surface area contributed by atoms with Gasteiger partial charge in [-0.15, -0.1) is 0 Å². The van der Waals surface area contributed by atoms with Gasteiger partial charge >= 0.3 is 0 Å². The maximum absolute atomic E-state index is 2.50. The number of para-hydroxylation sites is 4. The van der Waals surface area contributed by atoms with E-state index in [1.165, 1.54) is 89.2 Å². The molecule has 53 heavy (non-hydrogen) atoms. The van der Waals surface area contributed by atoms with E-state index < -0.39 is 5.41 Å². The highest BCUT2D eigenvalue weighted by Crippen LogP contribution is 2.51. The summed E-state index contributed by atoms with van der Waals surface area (Å²) in [6.45, 7) is 0.204. The largest absolute Gasteiger partial charge is 0.312 e. The summed E-state index contributed by atoms with van der Waals surface area (Å²) in [5.74, 6) is 0. The van der Waals surface area contributed by atoms with Crippen LogP contribution in [0.2, 0.25) is 0 Å². The Hall–Kier alpha value is -6.51. The third kappa shape index (κ3) is 3.65. The second-order valence-electron chi connectivity index (χ2n) is 14.7. The summed E-state index contributed by atoms with van der Waals surface area (Å²) < 4.78 is 0. The van der Waals surface area contributed by atoms with Gasteiger partial charge in [-0.1, -0.05) is 157 Å². The fraction of sp³-hybridized carbons (Fsp3) is 0.0204. The minimum Gasteiger partial charge on any atom is -0.312 e. The van der Waals surface area contributed by atoms with Crippen molar-refractivity contribution in [1.82, 2.24) is 0 Å². The lowest BCUT2D eigenvalue weighted by atomic mass is 9.25. The van der Waals surface area contributed by atoms with E-state index in [-0.39, 0.29) is 13.4 Å². The van der Waals surface area contributed by atoms with E-state index in [1.54, 1.807) is 0 Å². The maximum Gasteiger partial charge on any atom is 0.247 e. The molecule has 12 rings (SSSR count). The Morgan fingerprint density at radius 2 is 0.623 bits per heavy atom. The molecule has 0 atom stereocenters. The number of hydrogen-bond donors (Lipinski definition) is 0. The smallest absolute Gasteiger partial charge is 0.247 e. The van der Waals surface area contributed by atoms with Gasteiger partial charge in [-0.2, -0.15) is 0 Å². The number of anilines is 6. The predicted octanol–water partition coefficient (Wildman–Crippen LogP) is 7.29. The molecule has 0 N–H and O–H groups in total. The Morgan fingerprint density at radius 3 is 1.08 bits per heavy atom. The molecule has 4 heteroatoms. The molecular weight excluding hydrogens is 638 g/mol. The molecule has 0 fully saturated rings. The van der Waals surface area contributed by atoms with Crippen molar-refractivity contribution in [2.24, 2.45) is 0 Å². The summed E-state index contributed by atoms with van der Waals surface area (Å²) in [4.78, 5) is 5.00. The number of rotatable bonds is 2. The Kier molecular flexibility index (Phi) is 5.91. The van der Waals surface area contributed by atoms with Crippen molar-refractivity contribution in [2.75, 3.05) is 9.80 Å². The fourth-order valence-corrected chi connectivity index (χ4v) is 10.6. The van der Waals surface area contributed by atoms with Crippen LogP contribution in [0.4, 0.5) is 34.1 Å². The van der Waals surface area contributed by atoms with Gasteiger partial charge in [0.05, 0.1) is 5.41 Å². The van der Waals surface area contributed by atoms with Crippen LogP contribution in [0.5, 0.6) is 0 Å². The summed E-state index contributed by atoms with van der Waals surface area (Å²) in [5, 5.41) is 0. The second-order valence-corrected chi connectivity index (χ2v) is 14.7. The van der Waals surface area contributed by atoms with Crippen LogP contribution in [0.25, 0.3) is 0 Å². The lowest BCUT2D eigenvalue weighted by Gasteiger charge is -2.53. The van der Waals surface area contributed by atoms with E-state index in [1.807, 2.05) is 0 Å². The van der Waals surface area contributed by atoms with E-state index in [0.29, 0.717) is 0 Å². The second kappa shape index (κ2) is 10.8. The van der Waals surface area contributed by atoms with Crippen LogP contribution in [0.3, 0.4) is 0 Å². The molecular formula is C49H32B2N2. The van der Waals surface area contributed by atoms with Crippen LogP contribution < -0.4 is 42.6 Å². The number of benzene rings is 8. The lowest BCUT2D eigenvalue weighted by molar-refractivity contribution is 0.756. The van der Waals surface area contributed by atoms with Gasteiger partial charge < -0.3 is 9.80 Å². The summed E-state index contributed by atoms with van der Waals surface area (Å²) in [5.41, 5.74) is 20.6. The van der Waals surface area contributed by atoms with Gasteiger partial charge in [-0.05, 0) is 92.6 Å². The SMILES string of the molecule is c1ccc(N2c3ccccc3B3c4ccccc4C4(c5ccccc5B5c6ccccc6N(c6ccccc6)c6cccc4c65)c4cccc2c43)cc1. The standard InChI is InChI=1S/C49H32B2N2/c1-3-17-33(18-4-1)52-43-29-13-11-27-41(43)50-39-25-9-7-21-35(39)49(37-23-15-31-45(52)47(37)50)36-22-8-10-26-40(36)51-42-28-12-14-30-44(42)53(34-19-5-2-6-20-34)46-32-16-24-38(49)48(46)51/h1-32H. The first-order valence-corrected chi connectivity index (χ1v) is 18.7. The molecule has 2 nitrogen and oxygen atoms in total. The first-order valence-electron chi connectivity index (χ1n) is 18.7. The van der Waals surface area contributed by atoms with Crippen LogP contribution in [0, 0.1) is 0 Å². The van der Waals surface area contributed by atoms with Gasteiger partial charge in [0.1, 0.15) is 0 Å². The van der Waals surface area contributed by atoms with Crippen molar-refractivity contribution in [3.05, 3.63) is 216 Å². The Balaban J connectivity index is 1.24. The highest BCUT2D eigenvalue weighted by Gasteiger charge is 2.56. The quantitative estimate of drug-likeness (QED) is 0.178. The first kappa shape index (κ1) is 29.1. The van der Waals surface area contributed by atoms with Gasteiger partial charge in [-0.3, -0.25) is 0 Å². The molecule has 0 aromatic heterocycles. The number of fused-ring (bicyclic) bond motifs is 12. The minimum atomic E-state index is -0.542. The molecule has 4 heterocycles. The van der Waals surface area contributed by atoms with Crippen LogP contribution in [0.15, 0.2) is 194 Å². The van der Waals surface area contributed by atoms with E-state index in [0.717, 1.165) is 0 Å². The van der Waals surface area contributed by atoms with E-state index in [4.69, 9.17) is 0 Å². The Morgan fingerprint density at radius 1 is 0.283 bits per heavy atom. The summed E-state index contributed by atoms with van der Waals surface area (Å²) in [7, 11) is 0. The summed E-state index contributed by atoms with van der Waals surface area (Å²) in [6, 6.07) is 72.8. The van der Waals surface area contributed by atoms with Crippen molar-refractivity contribution in [3.63, 3.8) is 0 Å². The highest BCUT2D eigenvalue weighted by molar-refractivity contribution is 7.00. The average Bonchev–Trinajstić information content (AvgIpc) is 3.23. The molecule has 8 aromatic carbocycles. The normalized spacial score (nSPS) is 14.8. The van der Waals surface area contributed by atoms with E-state index >= 15 is 0 Å². The minimum absolute atomic E-state index is 0.102. The topological polar surface area (TPSA) is 6.48 Å². The molecule has 4 aliphatic rings. The fourth-order valence-electron chi connectivity index (χ4n) is 10.6. The lowest BCUT2D eigenvalue weighted by Crippen LogP contribution is -2.70. The molecule has 4 aliphatic heterocycles. The van der Waals surface area contributed by atoms with Crippen LogP contribution >= 0.6 is 0 Å². The molecule has 0 amide bonds. The van der Waals surface area contributed by atoms with Crippen LogP contribution in [-0.4, -0.2) is 13.4 Å². The molecule has 8 aromatic rings. The van der Waals surface area contributed by atoms with Crippen molar-refractivity contribution in [3.8, 4) is 0 Å². The zero-order valence-electron chi connectivity index (χ0n) is 29.0. The predicted molar refractivity (Wildman–Crippen MR) is 223 cm³/mol. The van der Waals surface area contributed by atoms with Crippen LogP contribution in [-0.2, 0) is 5.41 Å².